The molecule has 0 saturated heterocycles. The molecule has 2 aromatic carbocycles. The van der Waals surface area contributed by atoms with Crippen LogP contribution in [-0.2, 0) is 0 Å². The minimum Gasteiger partial charge on any atom is -0.494 e. The van der Waals surface area contributed by atoms with E-state index in [4.69, 9.17) is 9.72 Å². The summed E-state index contributed by atoms with van der Waals surface area (Å²) >= 11 is 0. The zero-order chi connectivity index (χ0) is 18.8. The summed E-state index contributed by atoms with van der Waals surface area (Å²) in [4.78, 5) is 4.84. The largest absolute Gasteiger partial charge is 0.494 e. The number of benzene rings is 2. The van der Waals surface area contributed by atoms with E-state index < -0.39 is 0 Å². The third-order valence-corrected chi connectivity index (χ3v) is 4.48. The van der Waals surface area contributed by atoms with Crippen LogP contribution in [0.1, 0.15) is 11.1 Å². The van der Waals surface area contributed by atoms with Gasteiger partial charge in [-0.15, -0.1) is 10.2 Å². The van der Waals surface area contributed by atoms with E-state index in [1.807, 2.05) is 53.9 Å². The SMILES string of the molecule is COc1ccccc1N=Nc1c(-c2ccc(C)cc2)nc2c(C)cccn12. The second-order valence-electron chi connectivity index (χ2n) is 6.41. The molecule has 0 aliphatic rings. The maximum atomic E-state index is 5.37. The second-order valence-corrected chi connectivity index (χ2v) is 6.41. The lowest BCUT2D eigenvalue weighted by Crippen LogP contribution is -1.86. The standard InChI is InChI=1S/C22H20N4O/c1-15-10-12-17(13-11-15)20-22(26-14-6-7-16(2)21(26)23-20)25-24-18-8-4-5-9-19(18)27-3/h4-14H,1-3H3. The maximum Gasteiger partial charge on any atom is 0.187 e. The first-order valence-corrected chi connectivity index (χ1v) is 8.77. The van der Waals surface area contributed by atoms with E-state index in [1.165, 1.54) is 5.56 Å². The number of azo groups is 1. The Labute approximate surface area is 158 Å². The molecule has 0 aliphatic heterocycles. The van der Waals surface area contributed by atoms with Gasteiger partial charge in [0, 0.05) is 11.8 Å². The maximum absolute atomic E-state index is 5.37. The Balaban J connectivity index is 1.90. The van der Waals surface area contributed by atoms with Crippen LogP contribution in [0.25, 0.3) is 16.9 Å². The van der Waals surface area contributed by atoms with Crippen LogP contribution >= 0.6 is 0 Å². The van der Waals surface area contributed by atoms with E-state index in [-0.39, 0.29) is 0 Å². The van der Waals surface area contributed by atoms with E-state index in [1.54, 1.807) is 7.11 Å². The number of ether oxygens (including phenoxy) is 1. The number of para-hydroxylation sites is 1. The Morgan fingerprint density at radius 1 is 0.889 bits per heavy atom. The van der Waals surface area contributed by atoms with Crippen molar-refractivity contribution in [1.82, 2.24) is 9.38 Å². The number of hydrogen-bond acceptors (Lipinski definition) is 4. The number of aromatic nitrogens is 2. The summed E-state index contributed by atoms with van der Waals surface area (Å²) < 4.78 is 7.35. The second kappa shape index (κ2) is 7.03. The average molecular weight is 356 g/mol. The van der Waals surface area contributed by atoms with Gasteiger partial charge >= 0.3 is 0 Å². The van der Waals surface area contributed by atoms with Crippen molar-refractivity contribution in [2.45, 2.75) is 13.8 Å². The van der Waals surface area contributed by atoms with Gasteiger partial charge in [0.1, 0.15) is 22.8 Å². The highest BCUT2D eigenvalue weighted by Gasteiger charge is 2.15. The summed E-state index contributed by atoms with van der Waals surface area (Å²) in [5.41, 5.74) is 5.67. The molecule has 4 rings (SSSR count). The van der Waals surface area contributed by atoms with Crippen molar-refractivity contribution in [2.24, 2.45) is 10.2 Å². The molecule has 0 fully saturated rings. The molecule has 134 valence electrons. The van der Waals surface area contributed by atoms with Crippen LogP contribution in [0.4, 0.5) is 11.5 Å². The number of aryl methyl sites for hydroxylation is 2. The monoisotopic (exact) mass is 356 g/mol. The van der Waals surface area contributed by atoms with Gasteiger partial charge in [0.2, 0.25) is 0 Å². The summed E-state index contributed by atoms with van der Waals surface area (Å²) in [7, 11) is 1.63. The van der Waals surface area contributed by atoms with Crippen LogP contribution in [0.15, 0.2) is 77.1 Å². The number of methoxy groups -OCH3 is 1. The van der Waals surface area contributed by atoms with Crippen molar-refractivity contribution in [2.75, 3.05) is 7.11 Å². The Bertz CT molecular complexity index is 1130. The minimum atomic E-state index is 0.678. The number of nitrogens with zero attached hydrogens (tertiary/aromatic N) is 4. The Morgan fingerprint density at radius 3 is 2.44 bits per heavy atom. The summed E-state index contributed by atoms with van der Waals surface area (Å²) in [6.07, 6.45) is 1.96. The lowest BCUT2D eigenvalue weighted by Gasteiger charge is -2.03. The van der Waals surface area contributed by atoms with Crippen molar-refractivity contribution in [3.63, 3.8) is 0 Å². The van der Waals surface area contributed by atoms with Crippen molar-refractivity contribution in [1.29, 1.82) is 0 Å². The summed E-state index contributed by atoms with van der Waals surface area (Å²) in [5.74, 6) is 1.38. The first-order valence-electron chi connectivity index (χ1n) is 8.77. The summed E-state index contributed by atoms with van der Waals surface area (Å²) in [6.45, 7) is 4.11. The van der Waals surface area contributed by atoms with E-state index in [2.05, 4.69) is 41.4 Å². The van der Waals surface area contributed by atoms with Gasteiger partial charge in [0.05, 0.1) is 7.11 Å². The van der Waals surface area contributed by atoms with Crippen LogP contribution in [0.3, 0.4) is 0 Å². The summed E-state index contributed by atoms with van der Waals surface area (Å²) in [5, 5.41) is 9.00. The minimum absolute atomic E-state index is 0.678. The topological polar surface area (TPSA) is 51.2 Å². The van der Waals surface area contributed by atoms with Crippen molar-refractivity contribution in [3.05, 3.63) is 78.0 Å². The molecule has 0 spiro atoms. The number of hydrogen-bond donors (Lipinski definition) is 0. The van der Waals surface area contributed by atoms with Gasteiger partial charge in [-0.1, -0.05) is 48.0 Å². The molecule has 0 N–H and O–H groups in total. The Morgan fingerprint density at radius 2 is 1.67 bits per heavy atom. The van der Waals surface area contributed by atoms with E-state index in [0.29, 0.717) is 17.3 Å². The molecule has 0 aliphatic carbocycles. The molecule has 5 heteroatoms. The van der Waals surface area contributed by atoms with E-state index in [9.17, 15) is 0 Å². The Kier molecular flexibility index (Phi) is 4.42. The molecule has 4 aromatic rings. The highest BCUT2D eigenvalue weighted by Crippen LogP contribution is 2.34. The van der Waals surface area contributed by atoms with Crippen LogP contribution in [0, 0.1) is 13.8 Å². The van der Waals surface area contributed by atoms with E-state index in [0.717, 1.165) is 22.5 Å². The molecule has 0 amide bonds. The smallest absolute Gasteiger partial charge is 0.187 e. The molecule has 5 nitrogen and oxygen atoms in total. The molecule has 2 aromatic heterocycles. The molecule has 2 heterocycles. The molecule has 0 atom stereocenters. The first-order chi connectivity index (χ1) is 13.2. The van der Waals surface area contributed by atoms with Crippen molar-refractivity contribution < 1.29 is 4.74 Å². The number of fused-ring (bicyclic) bond motifs is 1. The molecule has 0 radical (unpaired) electrons. The third kappa shape index (κ3) is 3.19. The van der Waals surface area contributed by atoms with Gasteiger partial charge in [-0.05, 0) is 37.6 Å². The fraction of sp³-hybridized carbons (Fsp3) is 0.136. The van der Waals surface area contributed by atoms with Crippen LogP contribution in [-0.4, -0.2) is 16.5 Å². The number of rotatable bonds is 4. The van der Waals surface area contributed by atoms with Crippen molar-refractivity contribution >= 4 is 17.2 Å². The summed E-state index contributed by atoms with van der Waals surface area (Å²) in [6, 6.07) is 19.9. The fourth-order valence-corrected chi connectivity index (χ4v) is 3.01. The van der Waals surface area contributed by atoms with Gasteiger partial charge in [-0.2, -0.15) is 0 Å². The predicted molar refractivity (Wildman–Crippen MR) is 107 cm³/mol. The van der Waals surface area contributed by atoms with E-state index >= 15 is 0 Å². The molecular formula is C22H20N4O. The third-order valence-electron chi connectivity index (χ3n) is 4.48. The average Bonchev–Trinajstić information content (AvgIpc) is 3.07. The van der Waals surface area contributed by atoms with Crippen LogP contribution in [0.2, 0.25) is 0 Å². The normalized spacial score (nSPS) is 11.4. The zero-order valence-corrected chi connectivity index (χ0v) is 15.5. The number of pyridine rings is 1. The van der Waals surface area contributed by atoms with Crippen LogP contribution in [0.5, 0.6) is 5.75 Å². The zero-order valence-electron chi connectivity index (χ0n) is 15.5. The lowest BCUT2D eigenvalue weighted by atomic mass is 10.1. The van der Waals surface area contributed by atoms with Gasteiger partial charge in [0.25, 0.3) is 0 Å². The predicted octanol–water partition coefficient (Wildman–Crippen LogP) is 6.04. The Hall–Kier alpha value is -3.47. The van der Waals surface area contributed by atoms with Gasteiger partial charge in [0.15, 0.2) is 5.82 Å². The van der Waals surface area contributed by atoms with Gasteiger partial charge in [-0.3, -0.25) is 4.40 Å². The highest BCUT2D eigenvalue weighted by molar-refractivity contribution is 5.75. The highest BCUT2D eigenvalue weighted by atomic mass is 16.5. The lowest BCUT2D eigenvalue weighted by molar-refractivity contribution is 0.416. The first kappa shape index (κ1) is 17.0. The molecule has 0 unspecified atom stereocenters. The molecule has 27 heavy (non-hydrogen) atoms. The molecule has 0 bridgehead atoms. The van der Waals surface area contributed by atoms with Gasteiger partial charge in [-0.25, -0.2) is 4.98 Å². The molecular weight excluding hydrogens is 336 g/mol. The number of imidazole rings is 1. The fourth-order valence-electron chi connectivity index (χ4n) is 3.01. The molecule has 0 saturated carbocycles. The van der Waals surface area contributed by atoms with Gasteiger partial charge < -0.3 is 4.74 Å². The van der Waals surface area contributed by atoms with Crippen molar-refractivity contribution in [3.8, 4) is 17.0 Å². The quantitative estimate of drug-likeness (QED) is 0.418. The van der Waals surface area contributed by atoms with Crippen LogP contribution < -0.4 is 4.74 Å².